The SMILES string of the molecule is c1ccc(-c2cccc(-c3c4ccccc4c(-c4c5ccccc5c(N(c5ccccc5)c5ccc(-n6c7ccc(-c8ccccc8)cc7c7cc(-c8ccccc8)ccc76)cc5)c5ccccc45)c4ccccc34)c2)cc1. The zero-order chi connectivity index (χ0) is 51.5. The molecule has 0 bridgehead atoms. The molecular weight excluding hydrogens is 941 g/mol. The first kappa shape index (κ1) is 45.1. The average molecular weight is 991 g/mol. The van der Waals surface area contributed by atoms with Gasteiger partial charge in [0.1, 0.15) is 0 Å². The van der Waals surface area contributed by atoms with Crippen molar-refractivity contribution in [2.24, 2.45) is 0 Å². The van der Waals surface area contributed by atoms with E-state index in [0.717, 1.165) is 22.7 Å². The van der Waals surface area contributed by atoms with Gasteiger partial charge in [-0.2, -0.15) is 0 Å². The predicted molar refractivity (Wildman–Crippen MR) is 333 cm³/mol. The van der Waals surface area contributed by atoms with E-state index in [9.17, 15) is 0 Å². The molecule has 364 valence electrons. The number of aromatic nitrogens is 1. The van der Waals surface area contributed by atoms with Crippen molar-refractivity contribution < 1.29 is 0 Å². The van der Waals surface area contributed by atoms with Crippen LogP contribution in [0.25, 0.3) is 126 Å². The van der Waals surface area contributed by atoms with Crippen LogP contribution in [-0.2, 0) is 0 Å². The lowest BCUT2D eigenvalue weighted by Crippen LogP contribution is -2.11. The summed E-state index contributed by atoms with van der Waals surface area (Å²) in [6.07, 6.45) is 0. The Labute approximate surface area is 453 Å². The molecule has 2 heteroatoms. The van der Waals surface area contributed by atoms with Crippen molar-refractivity contribution in [3.05, 3.63) is 303 Å². The van der Waals surface area contributed by atoms with Crippen LogP contribution in [0, 0.1) is 0 Å². The van der Waals surface area contributed by atoms with Gasteiger partial charge in [-0.05, 0) is 155 Å². The van der Waals surface area contributed by atoms with Crippen LogP contribution in [0.4, 0.5) is 17.1 Å². The minimum Gasteiger partial charge on any atom is -0.309 e. The summed E-state index contributed by atoms with van der Waals surface area (Å²) in [5, 5.41) is 12.1. The lowest BCUT2D eigenvalue weighted by Gasteiger charge is -2.30. The fraction of sp³-hybridized carbons (Fsp3) is 0. The van der Waals surface area contributed by atoms with E-state index in [1.807, 2.05) is 0 Å². The fourth-order valence-corrected chi connectivity index (χ4v) is 12.5. The van der Waals surface area contributed by atoms with Crippen molar-refractivity contribution in [1.82, 2.24) is 4.57 Å². The molecule has 78 heavy (non-hydrogen) atoms. The van der Waals surface area contributed by atoms with E-state index in [2.05, 4.69) is 313 Å². The quantitative estimate of drug-likeness (QED) is 0.131. The van der Waals surface area contributed by atoms with E-state index >= 15 is 0 Å². The molecule has 0 unspecified atom stereocenters. The number of benzene rings is 14. The number of hydrogen-bond donors (Lipinski definition) is 0. The van der Waals surface area contributed by atoms with Gasteiger partial charge in [-0.25, -0.2) is 0 Å². The van der Waals surface area contributed by atoms with E-state index in [1.54, 1.807) is 0 Å². The van der Waals surface area contributed by atoms with Crippen molar-refractivity contribution in [1.29, 1.82) is 0 Å². The molecule has 14 aromatic carbocycles. The molecule has 0 radical (unpaired) electrons. The molecule has 0 aliphatic rings. The molecule has 15 rings (SSSR count). The third-order valence-corrected chi connectivity index (χ3v) is 15.9. The maximum absolute atomic E-state index is 2.47. The predicted octanol–water partition coefficient (Wildman–Crippen LogP) is 21.2. The lowest BCUT2D eigenvalue weighted by atomic mass is 9.82. The summed E-state index contributed by atoms with van der Waals surface area (Å²) >= 11 is 0. The van der Waals surface area contributed by atoms with Gasteiger partial charge >= 0.3 is 0 Å². The van der Waals surface area contributed by atoms with Gasteiger partial charge in [-0.3, -0.25) is 0 Å². The monoisotopic (exact) mass is 990 g/mol. The summed E-state index contributed by atoms with van der Waals surface area (Å²) in [5.41, 5.74) is 18.9. The van der Waals surface area contributed by atoms with Crippen molar-refractivity contribution in [2.75, 3.05) is 4.90 Å². The van der Waals surface area contributed by atoms with Crippen LogP contribution in [0.15, 0.2) is 303 Å². The summed E-state index contributed by atoms with van der Waals surface area (Å²) < 4.78 is 2.43. The van der Waals surface area contributed by atoms with Crippen LogP contribution in [0.3, 0.4) is 0 Å². The molecule has 1 heterocycles. The van der Waals surface area contributed by atoms with Crippen LogP contribution >= 0.6 is 0 Å². The van der Waals surface area contributed by atoms with E-state index in [1.165, 1.54) is 121 Å². The summed E-state index contributed by atoms with van der Waals surface area (Å²) in [5.74, 6) is 0. The Morgan fingerprint density at radius 1 is 0.205 bits per heavy atom. The second-order valence-electron chi connectivity index (χ2n) is 20.3. The highest BCUT2D eigenvalue weighted by atomic mass is 15.1. The minimum atomic E-state index is 1.07. The van der Waals surface area contributed by atoms with Gasteiger partial charge in [0, 0.05) is 38.6 Å². The van der Waals surface area contributed by atoms with Gasteiger partial charge in [-0.15, -0.1) is 0 Å². The van der Waals surface area contributed by atoms with Crippen LogP contribution in [0.2, 0.25) is 0 Å². The molecule has 0 atom stereocenters. The first-order valence-electron chi connectivity index (χ1n) is 26.9. The van der Waals surface area contributed by atoms with Gasteiger partial charge in [0.15, 0.2) is 0 Å². The minimum absolute atomic E-state index is 1.07. The largest absolute Gasteiger partial charge is 0.309 e. The van der Waals surface area contributed by atoms with Crippen molar-refractivity contribution in [2.45, 2.75) is 0 Å². The number of hydrogen-bond acceptors (Lipinski definition) is 1. The number of anilines is 3. The second kappa shape index (κ2) is 18.8. The molecule has 0 saturated carbocycles. The second-order valence-corrected chi connectivity index (χ2v) is 20.3. The van der Waals surface area contributed by atoms with Gasteiger partial charge < -0.3 is 9.47 Å². The van der Waals surface area contributed by atoms with Gasteiger partial charge in [0.25, 0.3) is 0 Å². The van der Waals surface area contributed by atoms with Gasteiger partial charge in [0.05, 0.1) is 16.7 Å². The highest BCUT2D eigenvalue weighted by Gasteiger charge is 2.26. The molecular formula is C76H50N2. The molecule has 0 fully saturated rings. The van der Waals surface area contributed by atoms with Gasteiger partial charge in [0.2, 0.25) is 0 Å². The van der Waals surface area contributed by atoms with Crippen LogP contribution in [0.5, 0.6) is 0 Å². The summed E-state index contributed by atoms with van der Waals surface area (Å²) in [7, 11) is 0. The number of para-hydroxylation sites is 1. The zero-order valence-electron chi connectivity index (χ0n) is 42.8. The lowest BCUT2D eigenvalue weighted by molar-refractivity contribution is 1.17. The number of fused-ring (bicyclic) bond motifs is 7. The van der Waals surface area contributed by atoms with E-state index in [4.69, 9.17) is 0 Å². The molecule has 0 amide bonds. The highest BCUT2D eigenvalue weighted by molar-refractivity contribution is 6.30. The first-order chi connectivity index (χ1) is 38.7. The fourth-order valence-electron chi connectivity index (χ4n) is 12.5. The van der Waals surface area contributed by atoms with E-state index < -0.39 is 0 Å². The third-order valence-electron chi connectivity index (χ3n) is 15.9. The zero-order valence-corrected chi connectivity index (χ0v) is 42.8. The maximum atomic E-state index is 2.47. The Bertz CT molecular complexity index is 4540. The van der Waals surface area contributed by atoms with Crippen LogP contribution in [-0.4, -0.2) is 4.57 Å². The molecule has 0 N–H and O–H groups in total. The Balaban J connectivity index is 0.931. The summed E-state index contributed by atoms with van der Waals surface area (Å²) in [4.78, 5) is 2.47. The van der Waals surface area contributed by atoms with Crippen LogP contribution in [0.1, 0.15) is 0 Å². The Morgan fingerprint density at radius 3 is 0.987 bits per heavy atom. The normalized spacial score (nSPS) is 11.6. The van der Waals surface area contributed by atoms with Crippen molar-refractivity contribution in [3.63, 3.8) is 0 Å². The molecule has 15 aromatic rings. The first-order valence-corrected chi connectivity index (χ1v) is 26.9. The molecule has 1 aromatic heterocycles. The number of nitrogens with zero attached hydrogens (tertiary/aromatic N) is 2. The molecule has 0 saturated heterocycles. The maximum Gasteiger partial charge on any atom is 0.0618 e. The average Bonchev–Trinajstić information content (AvgIpc) is 3.86. The smallest absolute Gasteiger partial charge is 0.0618 e. The van der Waals surface area contributed by atoms with E-state index in [0.29, 0.717) is 0 Å². The Kier molecular flexibility index (Phi) is 10.9. The summed E-state index contributed by atoms with van der Waals surface area (Å²) in [6.45, 7) is 0. The topological polar surface area (TPSA) is 8.17 Å². The van der Waals surface area contributed by atoms with E-state index in [-0.39, 0.29) is 0 Å². The Hall–Kier alpha value is -10.3. The van der Waals surface area contributed by atoms with Crippen molar-refractivity contribution in [3.8, 4) is 61.3 Å². The standard InChI is InChI=1S/C76H50N2/c1-5-22-51(23-6-1)54-28-21-29-57(48-54)73-61-32-13-15-34-63(61)74(64-35-16-14-33-62(64)73)75-65-36-17-19-38-67(65)76(68-39-20-18-37-66(68)75)77(58-30-11-4-12-31-58)59-42-44-60(45-43-59)78-71-46-40-55(52-24-7-2-8-25-52)49-69(71)70-50-56(41-47-72(70)78)53-26-9-3-10-27-53/h1-50H. The number of rotatable bonds is 9. The van der Waals surface area contributed by atoms with Crippen molar-refractivity contribution >= 4 is 82.0 Å². The summed E-state index contributed by atoms with van der Waals surface area (Å²) in [6, 6.07) is 111. The molecule has 2 nitrogen and oxygen atoms in total. The third kappa shape index (κ3) is 7.49. The molecule has 0 aliphatic heterocycles. The van der Waals surface area contributed by atoms with Crippen LogP contribution < -0.4 is 4.90 Å². The Morgan fingerprint density at radius 2 is 0.538 bits per heavy atom. The highest BCUT2D eigenvalue weighted by Crippen LogP contribution is 2.52. The molecule has 0 spiro atoms. The van der Waals surface area contributed by atoms with Gasteiger partial charge in [-0.1, -0.05) is 237 Å². The molecule has 0 aliphatic carbocycles.